The second-order valence-corrected chi connectivity index (χ2v) is 7.42. The van der Waals surface area contributed by atoms with Gasteiger partial charge >= 0.3 is 6.18 Å². The Balaban J connectivity index is 0.00000363. The average Bonchev–Trinajstić information content (AvgIpc) is 2.78. The maximum atomic E-state index is 12.9. The summed E-state index contributed by atoms with van der Waals surface area (Å²) in [4.78, 5) is 4.14. The van der Waals surface area contributed by atoms with Gasteiger partial charge in [0.05, 0.1) is 18.3 Å². The minimum Gasteiger partial charge on any atom is -0.381 e. The Hall–Kier alpha value is -1.85. The van der Waals surface area contributed by atoms with Gasteiger partial charge in [-0.15, -0.1) is 24.0 Å². The van der Waals surface area contributed by atoms with Crippen molar-refractivity contribution >= 4 is 29.9 Å². The molecule has 5 nitrogen and oxygen atoms in total. The van der Waals surface area contributed by atoms with Crippen LogP contribution in [-0.2, 0) is 35.3 Å². The average molecular weight is 563 g/mol. The number of halogens is 4. The van der Waals surface area contributed by atoms with E-state index in [0.29, 0.717) is 24.7 Å². The van der Waals surface area contributed by atoms with E-state index < -0.39 is 11.7 Å². The van der Waals surface area contributed by atoms with Crippen molar-refractivity contribution in [3.8, 4) is 0 Å². The van der Waals surface area contributed by atoms with Gasteiger partial charge in [0.2, 0.25) is 0 Å². The number of benzene rings is 2. The lowest BCUT2D eigenvalue weighted by atomic mass is 10.1. The Morgan fingerprint density at radius 2 is 1.59 bits per heavy atom. The summed E-state index contributed by atoms with van der Waals surface area (Å²) >= 11 is 0. The quantitative estimate of drug-likeness (QED) is 0.287. The maximum absolute atomic E-state index is 12.9. The number of ether oxygens (including phenoxy) is 2. The second-order valence-electron chi connectivity index (χ2n) is 7.42. The maximum Gasteiger partial charge on any atom is 0.416 e. The van der Waals surface area contributed by atoms with Crippen molar-refractivity contribution in [3.05, 3.63) is 70.8 Å². The zero-order chi connectivity index (χ0) is 22.1. The highest BCUT2D eigenvalue weighted by molar-refractivity contribution is 14.0. The standard InChI is InChI=1S/C23H28F3N3O2.HI/c1-27-22(29-15-18-5-3-7-20(13-18)23(24,25)26)28-14-17-4-2-6-19(12-17)16-31-21-8-10-30-11-9-21;/h2-7,12-13,21H,8-11,14-16H2,1H3,(H2,27,28,29);1H. The zero-order valence-corrected chi connectivity index (χ0v) is 20.3. The molecule has 0 aliphatic carbocycles. The lowest BCUT2D eigenvalue weighted by Gasteiger charge is -2.22. The Bertz CT molecular complexity index is 872. The molecular weight excluding hydrogens is 534 g/mol. The number of hydrogen-bond acceptors (Lipinski definition) is 3. The van der Waals surface area contributed by atoms with Gasteiger partial charge in [0.25, 0.3) is 0 Å². The molecular formula is C23H29F3IN3O2. The molecule has 0 radical (unpaired) electrons. The first-order valence-electron chi connectivity index (χ1n) is 10.3. The van der Waals surface area contributed by atoms with E-state index in [9.17, 15) is 13.2 Å². The van der Waals surface area contributed by atoms with E-state index in [1.54, 1.807) is 13.1 Å². The van der Waals surface area contributed by atoms with Crippen molar-refractivity contribution < 1.29 is 22.6 Å². The van der Waals surface area contributed by atoms with Crippen LogP contribution in [-0.4, -0.2) is 32.3 Å². The predicted octanol–water partition coefficient (Wildman–Crippen LogP) is 4.88. The minimum atomic E-state index is -4.35. The molecule has 0 bridgehead atoms. The highest BCUT2D eigenvalue weighted by Crippen LogP contribution is 2.29. The van der Waals surface area contributed by atoms with E-state index in [0.717, 1.165) is 49.3 Å². The number of nitrogens with one attached hydrogen (secondary N) is 2. The van der Waals surface area contributed by atoms with Gasteiger partial charge in [0.1, 0.15) is 0 Å². The molecule has 1 heterocycles. The molecule has 1 aliphatic rings. The molecule has 176 valence electrons. The van der Waals surface area contributed by atoms with E-state index in [1.807, 2.05) is 18.2 Å². The summed E-state index contributed by atoms with van der Waals surface area (Å²) in [6.45, 7) is 2.83. The highest BCUT2D eigenvalue weighted by Gasteiger charge is 2.30. The van der Waals surface area contributed by atoms with Crippen LogP contribution in [0.15, 0.2) is 53.5 Å². The van der Waals surface area contributed by atoms with Crippen LogP contribution < -0.4 is 10.6 Å². The molecule has 0 spiro atoms. The summed E-state index contributed by atoms with van der Waals surface area (Å²) in [5.74, 6) is 0.515. The summed E-state index contributed by atoms with van der Waals surface area (Å²) < 4.78 is 49.9. The largest absolute Gasteiger partial charge is 0.416 e. The third-order valence-corrected chi connectivity index (χ3v) is 5.04. The van der Waals surface area contributed by atoms with Crippen LogP contribution in [0.4, 0.5) is 13.2 Å². The zero-order valence-electron chi connectivity index (χ0n) is 18.0. The van der Waals surface area contributed by atoms with Crippen molar-refractivity contribution in [2.45, 2.75) is 44.8 Å². The van der Waals surface area contributed by atoms with Gasteiger partial charge in [-0.3, -0.25) is 4.99 Å². The van der Waals surface area contributed by atoms with E-state index in [1.165, 1.54) is 6.07 Å². The molecule has 0 aromatic heterocycles. The lowest BCUT2D eigenvalue weighted by molar-refractivity contribution is -0.137. The lowest BCUT2D eigenvalue weighted by Crippen LogP contribution is -2.36. The number of hydrogen-bond donors (Lipinski definition) is 2. The van der Waals surface area contributed by atoms with Crippen LogP contribution in [0.5, 0.6) is 0 Å². The van der Waals surface area contributed by atoms with Gasteiger partial charge in [0, 0.05) is 33.4 Å². The first-order valence-corrected chi connectivity index (χ1v) is 10.3. The van der Waals surface area contributed by atoms with E-state index in [2.05, 4.69) is 21.7 Å². The van der Waals surface area contributed by atoms with Crippen molar-refractivity contribution in [1.29, 1.82) is 0 Å². The summed E-state index contributed by atoms with van der Waals surface area (Å²) in [6, 6.07) is 13.4. The van der Waals surface area contributed by atoms with Crippen LogP contribution in [0.1, 0.15) is 35.1 Å². The third-order valence-electron chi connectivity index (χ3n) is 5.04. The molecule has 9 heteroatoms. The number of nitrogens with zero attached hydrogens (tertiary/aromatic N) is 1. The SMILES string of the molecule is CN=C(NCc1cccc(COC2CCOCC2)c1)NCc1cccc(C(F)(F)F)c1.I. The van der Waals surface area contributed by atoms with E-state index >= 15 is 0 Å². The Morgan fingerprint density at radius 1 is 1.00 bits per heavy atom. The first-order chi connectivity index (χ1) is 14.9. The fraction of sp³-hybridized carbons (Fsp3) is 0.435. The molecule has 0 atom stereocenters. The summed E-state index contributed by atoms with van der Waals surface area (Å²) in [5, 5.41) is 6.25. The topological polar surface area (TPSA) is 54.9 Å². The van der Waals surface area contributed by atoms with Crippen LogP contribution in [0.25, 0.3) is 0 Å². The van der Waals surface area contributed by atoms with E-state index in [4.69, 9.17) is 9.47 Å². The van der Waals surface area contributed by atoms with Crippen LogP contribution >= 0.6 is 24.0 Å². The highest BCUT2D eigenvalue weighted by atomic mass is 127. The first kappa shape index (κ1) is 26.4. The van der Waals surface area contributed by atoms with Crippen molar-refractivity contribution in [3.63, 3.8) is 0 Å². The molecule has 2 aromatic rings. The Morgan fingerprint density at radius 3 is 2.22 bits per heavy atom. The normalized spacial score (nSPS) is 15.2. The summed E-state index contributed by atoms with van der Waals surface area (Å²) in [6.07, 6.45) is -2.26. The molecule has 2 aromatic carbocycles. The molecule has 1 fully saturated rings. The summed E-state index contributed by atoms with van der Waals surface area (Å²) in [5.41, 5.74) is 2.03. The van der Waals surface area contributed by atoms with Crippen LogP contribution in [0.2, 0.25) is 0 Å². The molecule has 3 rings (SSSR count). The van der Waals surface area contributed by atoms with Gasteiger partial charge < -0.3 is 20.1 Å². The van der Waals surface area contributed by atoms with Crippen LogP contribution in [0, 0.1) is 0 Å². The van der Waals surface area contributed by atoms with Crippen molar-refractivity contribution in [2.75, 3.05) is 20.3 Å². The van der Waals surface area contributed by atoms with Gasteiger partial charge in [-0.25, -0.2) is 0 Å². The monoisotopic (exact) mass is 563 g/mol. The van der Waals surface area contributed by atoms with E-state index in [-0.39, 0.29) is 36.6 Å². The fourth-order valence-corrected chi connectivity index (χ4v) is 3.34. The molecule has 0 amide bonds. The molecule has 0 unspecified atom stereocenters. The second kappa shape index (κ2) is 13.0. The third kappa shape index (κ3) is 8.59. The molecule has 32 heavy (non-hydrogen) atoms. The van der Waals surface area contributed by atoms with Crippen LogP contribution in [0.3, 0.4) is 0 Å². The van der Waals surface area contributed by atoms with Gasteiger partial charge in [-0.2, -0.15) is 13.2 Å². The molecule has 1 aliphatic heterocycles. The van der Waals surface area contributed by atoms with Crippen molar-refractivity contribution in [1.82, 2.24) is 10.6 Å². The Kier molecular flexibility index (Phi) is 10.7. The number of guanidine groups is 1. The fourth-order valence-electron chi connectivity index (χ4n) is 3.34. The molecule has 2 N–H and O–H groups in total. The Labute approximate surface area is 203 Å². The predicted molar refractivity (Wildman–Crippen MR) is 129 cm³/mol. The summed E-state index contributed by atoms with van der Waals surface area (Å²) in [7, 11) is 1.62. The molecule has 0 saturated carbocycles. The number of alkyl halides is 3. The van der Waals surface area contributed by atoms with Gasteiger partial charge in [-0.05, 0) is 41.7 Å². The van der Waals surface area contributed by atoms with Gasteiger partial charge in [-0.1, -0.05) is 36.4 Å². The number of aliphatic imine (C=N–C) groups is 1. The molecule has 1 saturated heterocycles. The smallest absolute Gasteiger partial charge is 0.381 e. The van der Waals surface area contributed by atoms with Gasteiger partial charge in [0.15, 0.2) is 5.96 Å². The minimum absolute atomic E-state index is 0. The number of rotatable bonds is 7. The van der Waals surface area contributed by atoms with Crippen molar-refractivity contribution in [2.24, 2.45) is 4.99 Å².